The van der Waals surface area contributed by atoms with Crippen molar-refractivity contribution in [2.75, 3.05) is 13.7 Å². The number of aromatic nitrogens is 2. The van der Waals surface area contributed by atoms with Crippen LogP contribution in [0.4, 0.5) is 0 Å². The summed E-state index contributed by atoms with van der Waals surface area (Å²) in [4.78, 5) is 4.96. The number of hydrogen-bond acceptors (Lipinski definition) is 6. The third-order valence-corrected chi connectivity index (χ3v) is 7.17. The summed E-state index contributed by atoms with van der Waals surface area (Å²) >= 11 is 0. The lowest BCUT2D eigenvalue weighted by Gasteiger charge is -2.47. The zero-order chi connectivity index (χ0) is 19.4. The Morgan fingerprint density at radius 1 is 1.21 bits per heavy atom. The molecule has 5 rings (SSSR count). The smallest absolute Gasteiger partial charge is 0.283 e. The highest BCUT2D eigenvalue weighted by Crippen LogP contribution is 2.62. The first-order chi connectivity index (χ1) is 13.6. The molecule has 0 bridgehead atoms. The van der Waals surface area contributed by atoms with E-state index in [1.165, 1.54) is 11.1 Å². The van der Waals surface area contributed by atoms with Crippen LogP contribution < -0.4 is 5.73 Å². The van der Waals surface area contributed by atoms with E-state index in [1.807, 2.05) is 13.2 Å². The van der Waals surface area contributed by atoms with Crippen LogP contribution in [0.2, 0.25) is 0 Å². The number of nitrogens with two attached hydrogens (primary N) is 1. The third-order valence-electron chi connectivity index (χ3n) is 7.17. The van der Waals surface area contributed by atoms with E-state index in [0.29, 0.717) is 24.7 Å². The van der Waals surface area contributed by atoms with Gasteiger partial charge in [0, 0.05) is 18.1 Å². The molecule has 6 nitrogen and oxygen atoms in total. The Hall–Kier alpha value is -2.47. The first-order valence-electron chi connectivity index (χ1n) is 9.98. The van der Waals surface area contributed by atoms with Crippen molar-refractivity contribution < 1.29 is 9.47 Å². The van der Waals surface area contributed by atoms with Crippen LogP contribution in [0, 0.1) is 11.3 Å². The quantitative estimate of drug-likeness (QED) is 0.868. The van der Waals surface area contributed by atoms with Gasteiger partial charge in [-0.05, 0) is 60.4 Å². The molecule has 6 heteroatoms. The number of hydrogen-bond donors (Lipinski definition) is 1. The minimum Gasteiger partial charge on any atom is -0.462 e. The number of aliphatic imine (C=N–C) groups is 1. The molecule has 0 unspecified atom stereocenters. The van der Waals surface area contributed by atoms with Crippen LogP contribution in [0.25, 0.3) is 11.1 Å². The van der Waals surface area contributed by atoms with Crippen molar-refractivity contribution in [1.82, 2.24) is 10.2 Å². The van der Waals surface area contributed by atoms with Crippen LogP contribution in [-0.2, 0) is 21.4 Å². The average Bonchev–Trinajstić information content (AvgIpc) is 3.22. The summed E-state index contributed by atoms with van der Waals surface area (Å²) in [7, 11) is 1.82. The summed E-state index contributed by atoms with van der Waals surface area (Å²) in [5.41, 5.74) is 10.5. The lowest BCUT2D eigenvalue weighted by Crippen LogP contribution is -2.48. The SMILES string of the molecule is CO[C@H]1CC[C@@]2(Cc3ccc(-c4ccnnc4)cc3[C@@]23COC(N)=N3)C[C@@H]1C. The minimum absolute atomic E-state index is 0.0278. The van der Waals surface area contributed by atoms with Gasteiger partial charge in [-0.3, -0.25) is 0 Å². The van der Waals surface area contributed by atoms with Crippen molar-refractivity contribution in [3.05, 3.63) is 47.8 Å². The fraction of sp³-hybridized carbons (Fsp3) is 0.500. The van der Waals surface area contributed by atoms with Gasteiger partial charge in [0.05, 0.1) is 18.5 Å². The zero-order valence-corrected chi connectivity index (χ0v) is 16.4. The zero-order valence-electron chi connectivity index (χ0n) is 16.4. The fourth-order valence-corrected chi connectivity index (χ4v) is 5.83. The van der Waals surface area contributed by atoms with Crippen molar-refractivity contribution in [2.45, 2.75) is 44.2 Å². The Morgan fingerprint density at radius 2 is 2.11 bits per heavy atom. The Balaban J connectivity index is 1.62. The lowest BCUT2D eigenvalue weighted by atomic mass is 9.59. The van der Waals surface area contributed by atoms with Gasteiger partial charge in [0.1, 0.15) is 12.1 Å². The van der Waals surface area contributed by atoms with Crippen molar-refractivity contribution in [2.24, 2.45) is 22.1 Å². The topological polar surface area (TPSA) is 82.6 Å². The second-order valence-corrected chi connectivity index (χ2v) is 8.55. The average molecular weight is 378 g/mol. The van der Waals surface area contributed by atoms with Gasteiger partial charge in [0.2, 0.25) is 0 Å². The first-order valence-corrected chi connectivity index (χ1v) is 9.98. The Labute approximate surface area is 165 Å². The predicted molar refractivity (Wildman–Crippen MR) is 107 cm³/mol. The molecular weight excluding hydrogens is 352 g/mol. The number of amidine groups is 1. The number of methoxy groups -OCH3 is 1. The summed E-state index contributed by atoms with van der Waals surface area (Å²) in [5.74, 6) is 0.478. The van der Waals surface area contributed by atoms with Crippen LogP contribution in [0.1, 0.15) is 37.3 Å². The van der Waals surface area contributed by atoms with Gasteiger partial charge in [-0.1, -0.05) is 19.1 Å². The monoisotopic (exact) mass is 378 g/mol. The van der Waals surface area contributed by atoms with Crippen LogP contribution >= 0.6 is 0 Å². The molecule has 146 valence electrons. The van der Waals surface area contributed by atoms with E-state index < -0.39 is 5.54 Å². The van der Waals surface area contributed by atoms with E-state index in [0.717, 1.165) is 36.8 Å². The van der Waals surface area contributed by atoms with E-state index in [2.05, 4.69) is 35.3 Å². The van der Waals surface area contributed by atoms with Gasteiger partial charge in [0.15, 0.2) is 0 Å². The molecule has 1 aliphatic heterocycles. The standard InChI is InChI=1S/C22H26N4O2/c1-14-10-21(7-5-19(14)27-2)11-16-4-3-15(17-6-8-24-25-12-17)9-18(16)22(21)13-28-20(23)26-22/h3-4,6,8-9,12,14,19H,5,7,10-11,13H2,1-2H3,(H2,23,26)/t14-,19-,21-,22-/m0/s1. The maximum Gasteiger partial charge on any atom is 0.283 e. The molecule has 2 N–H and O–H groups in total. The molecule has 1 fully saturated rings. The van der Waals surface area contributed by atoms with E-state index in [-0.39, 0.29) is 5.41 Å². The molecule has 1 aromatic carbocycles. The number of fused-ring (bicyclic) bond motifs is 3. The molecule has 2 spiro atoms. The van der Waals surface area contributed by atoms with E-state index in [4.69, 9.17) is 20.2 Å². The lowest BCUT2D eigenvalue weighted by molar-refractivity contribution is -0.0445. The predicted octanol–water partition coefficient (Wildman–Crippen LogP) is 3.06. The van der Waals surface area contributed by atoms with Gasteiger partial charge < -0.3 is 15.2 Å². The van der Waals surface area contributed by atoms with Crippen molar-refractivity contribution >= 4 is 6.02 Å². The minimum atomic E-state index is -0.407. The van der Waals surface area contributed by atoms with Crippen LogP contribution in [0.15, 0.2) is 41.7 Å². The van der Waals surface area contributed by atoms with Gasteiger partial charge in [-0.15, -0.1) is 0 Å². The molecule has 0 saturated heterocycles. The molecule has 28 heavy (non-hydrogen) atoms. The summed E-state index contributed by atoms with van der Waals surface area (Å²) in [6, 6.07) is 8.99. The summed E-state index contributed by atoms with van der Waals surface area (Å²) < 4.78 is 11.5. The fourth-order valence-electron chi connectivity index (χ4n) is 5.83. The number of nitrogens with zero attached hydrogens (tertiary/aromatic N) is 3. The molecule has 0 amide bonds. The molecule has 1 saturated carbocycles. The summed E-state index contributed by atoms with van der Waals surface area (Å²) in [6.45, 7) is 2.82. The van der Waals surface area contributed by atoms with E-state index >= 15 is 0 Å². The van der Waals surface area contributed by atoms with Crippen LogP contribution in [-0.4, -0.2) is 36.0 Å². The number of benzene rings is 1. The highest BCUT2D eigenvalue weighted by Gasteiger charge is 2.62. The molecule has 4 atom stereocenters. The largest absolute Gasteiger partial charge is 0.462 e. The molecule has 2 aliphatic carbocycles. The maximum atomic E-state index is 6.06. The number of rotatable bonds is 2. The third kappa shape index (κ3) is 2.40. The van der Waals surface area contributed by atoms with Crippen molar-refractivity contribution in [3.8, 4) is 11.1 Å². The molecule has 0 radical (unpaired) electrons. The van der Waals surface area contributed by atoms with Crippen LogP contribution in [0.5, 0.6) is 0 Å². The Kier molecular flexibility index (Phi) is 3.95. The Morgan fingerprint density at radius 3 is 2.79 bits per heavy atom. The van der Waals surface area contributed by atoms with Gasteiger partial charge in [-0.25, -0.2) is 4.99 Å². The van der Waals surface area contributed by atoms with Crippen molar-refractivity contribution in [3.63, 3.8) is 0 Å². The van der Waals surface area contributed by atoms with Gasteiger partial charge >= 0.3 is 0 Å². The van der Waals surface area contributed by atoms with E-state index in [9.17, 15) is 0 Å². The normalized spacial score (nSPS) is 33.7. The van der Waals surface area contributed by atoms with Gasteiger partial charge in [-0.2, -0.15) is 10.2 Å². The summed E-state index contributed by atoms with van der Waals surface area (Å²) in [5, 5.41) is 7.93. The maximum absolute atomic E-state index is 6.06. The van der Waals surface area contributed by atoms with Crippen molar-refractivity contribution in [1.29, 1.82) is 0 Å². The number of ether oxygens (including phenoxy) is 2. The summed E-state index contributed by atoms with van der Waals surface area (Å²) in [6.07, 6.45) is 8.02. The Bertz CT molecular complexity index is 931. The second-order valence-electron chi connectivity index (χ2n) is 8.55. The molecule has 1 aromatic heterocycles. The second kappa shape index (κ2) is 6.27. The van der Waals surface area contributed by atoms with Crippen LogP contribution in [0.3, 0.4) is 0 Å². The molecular formula is C22H26N4O2. The molecule has 2 aromatic rings. The molecule has 3 aliphatic rings. The first kappa shape index (κ1) is 17.6. The van der Waals surface area contributed by atoms with Gasteiger partial charge in [0.25, 0.3) is 6.02 Å². The highest BCUT2D eigenvalue weighted by molar-refractivity contribution is 5.76. The van der Waals surface area contributed by atoms with E-state index in [1.54, 1.807) is 12.4 Å². The highest BCUT2D eigenvalue weighted by atomic mass is 16.5. The molecule has 2 heterocycles.